The van der Waals surface area contributed by atoms with E-state index < -0.39 is 6.09 Å². The van der Waals surface area contributed by atoms with E-state index in [2.05, 4.69) is 10.3 Å². The van der Waals surface area contributed by atoms with Crippen LogP contribution in [0.4, 0.5) is 10.5 Å². The van der Waals surface area contributed by atoms with Crippen molar-refractivity contribution < 1.29 is 9.90 Å². The van der Waals surface area contributed by atoms with Crippen LogP contribution in [-0.2, 0) is 0 Å². The van der Waals surface area contributed by atoms with Gasteiger partial charge >= 0.3 is 6.09 Å². The van der Waals surface area contributed by atoms with Gasteiger partial charge in [0.25, 0.3) is 0 Å². The summed E-state index contributed by atoms with van der Waals surface area (Å²) >= 11 is 0. The zero-order chi connectivity index (χ0) is 13.7. The van der Waals surface area contributed by atoms with E-state index in [4.69, 9.17) is 5.11 Å². The Labute approximate surface area is 111 Å². The van der Waals surface area contributed by atoms with Crippen LogP contribution in [0.25, 0.3) is 12.2 Å². The van der Waals surface area contributed by atoms with Crippen LogP contribution in [0.3, 0.4) is 0 Å². The fourth-order valence-corrected chi connectivity index (χ4v) is 1.68. The minimum absolute atomic E-state index is 0.548. The molecule has 1 amide bonds. The number of benzene rings is 1. The number of hydrogen-bond acceptors (Lipinski definition) is 2. The summed E-state index contributed by atoms with van der Waals surface area (Å²) in [6.45, 7) is 1.94. The first-order valence-electron chi connectivity index (χ1n) is 5.85. The number of pyridine rings is 1. The molecule has 0 saturated heterocycles. The second-order valence-electron chi connectivity index (χ2n) is 4.09. The minimum atomic E-state index is -1.07. The van der Waals surface area contributed by atoms with Gasteiger partial charge in [0.1, 0.15) is 0 Å². The van der Waals surface area contributed by atoms with E-state index in [9.17, 15) is 4.79 Å². The van der Waals surface area contributed by atoms with Gasteiger partial charge in [0, 0.05) is 11.4 Å². The predicted molar refractivity (Wildman–Crippen MR) is 76.0 cm³/mol. The minimum Gasteiger partial charge on any atom is -0.465 e. The van der Waals surface area contributed by atoms with Gasteiger partial charge in [-0.1, -0.05) is 24.3 Å². The molecule has 2 aromatic rings. The Kier molecular flexibility index (Phi) is 3.93. The second kappa shape index (κ2) is 5.82. The number of aryl methyl sites for hydroxylation is 1. The van der Waals surface area contributed by atoms with E-state index in [1.54, 1.807) is 18.2 Å². The number of aromatic nitrogens is 1. The fourth-order valence-electron chi connectivity index (χ4n) is 1.68. The SMILES string of the molecule is Cc1cccc(C=Cc2cccc(NC(=O)O)c2)n1. The van der Waals surface area contributed by atoms with Crippen molar-refractivity contribution in [3.63, 3.8) is 0 Å². The molecule has 2 N–H and O–H groups in total. The molecule has 96 valence electrons. The Morgan fingerprint density at radius 2 is 2.00 bits per heavy atom. The zero-order valence-corrected chi connectivity index (χ0v) is 10.5. The summed E-state index contributed by atoms with van der Waals surface area (Å²) in [7, 11) is 0. The number of carboxylic acid groups (broad SMARTS) is 1. The van der Waals surface area contributed by atoms with Gasteiger partial charge in [0.05, 0.1) is 5.69 Å². The molecule has 0 aliphatic heterocycles. The highest BCUT2D eigenvalue weighted by Crippen LogP contribution is 2.13. The summed E-state index contributed by atoms with van der Waals surface area (Å²) in [4.78, 5) is 14.9. The Balaban J connectivity index is 2.16. The van der Waals surface area contributed by atoms with Crippen molar-refractivity contribution in [2.75, 3.05) is 5.32 Å². The molecule has 0 aliphatic rings. The third-order valence-electron chi connectivity index (χ3n) is 2.49. The first kappa shape index (κ1) is 12.8. The van der Waals surface area contributed by atoms with Crippen LogP contribution >= 0.6 is 0 Å². The summed E-state index contributed by atoms with van der Waals surface area (Å²) in [6.07, 6.45) is 2.73. The van der Waals surface area contributed by atoms with Crippen LogP contribution in [0.15, 0.2) is 42.5 Å². The van der Waals surface area contributed by atoms with Crippen molar-refractivity contribution in [3.8, 4) is 0 Å². The summed E-state index contributed by atoms with van der Waals surface area (Å²) in [5.41, 5.74) is 3.29. The lowest BCUT2D eigenvalue weighted by molar-refractivity contribution is 0.210. The van der Waals surface area contributed by atoms with Gasteiger partial charge in [-0.15, -0.1) is 0 Å². The smallest absolute Gasteiger partial charge is 0.409 e. The first-order chi connectivity index (χ1) is 9.13. The van der Waals surface area contributed by atoms with Gasteiger partial charge in [-0.25, -0.2) is 4.79 Å². The van der Waals surface area contributed by atoms with E-state index in [1.165, 1.54) is 0 Å². The van der Waals surface area contributed by atoms with E-state index >= 15 is 0 Å². The van der Waals surface area contributed by atoms with E-state index in [-0.39, 0.29) is 0 Å². The molecule has 2 rings (SSSR count). The number of anilines is 1. The molecule has 1 aromatic heterocycles. The average molecular weight is 254 g/mol. The number of rotatable bonds is 3. The summed E-state index contributed by atoms with van der Waals surface area (Å²) in [6, 6.07) is 13.0. The second-order valence-corrected chi connectivity index (χ2v) is 4.09. The molecule has 0 atom stereocenters. The molecular weight excluding hydrogens is 240 g/mol. The van der Waals surface area contributed by atoms with Crippen molar-refractivity contribution in [3.05, 3.63) is 59.4 Å². The van der Waals surface area contributed by atoms with Gasteiger partial charge < -0.3 is 5.11 Å². The standard InChI is InChI=1S/C15H14N2O2/c1-11-4-2-6-13(16-11)9-8-12-5-3-7-14(10-12)17-15(18)19/h2-10,17H,1H3,(H,18,19). The van der Waals surface area contributed by atoms with E-state index in [0.717, 1.165) is 17.0 Å². The van der Waals surface area contributed by atoms with Crippen molar-refractivity contribution in [1.29, 1.82) is 0 Å². The molecular formula is C15H14N2O2. The molecule has 0 aliphatic carbocycles. The maximum atomic E-state index is 10.6. The molecule has 1 aromatic carbocycles. The van der Waals surface area contributed by atoms with Gasteiger partial charge in [0.2, 0.25) is 0 Å². The number of amides is 1. The van der Waals surface area contributed by atoms with Crippen molar-refractivity contribution in [1.82, 2.24) is 4.98 Å². The topological polar surface area (TPSA) is 62.2 Å². The number of nitrogens with zero attached hydrogens (tertiary/aromatic N) is 1. The van der Waals surface area contributed by atoms with Crippen LogP contribution in [0.1, 0.15) is 17.0 Å². The number of nitrogens with one attached hydrogen (secondary N) is 1. The highest BCUT2D eigenvalue weighted by Gasteiger charge is 1.97. The quantitative estimate of drug-likeness (QED) is 0.878. The lowest BCUT2D eigenvalue weighted by Crippen LogP contribution is -2.06. The van der Waals surface area contributed by atoms with Gasteiger partial charge in [0.15, 0.2) is 0 Å². The summed E-state index contributed by atoms with van der Waals surface area (Å²) in [5.74, 6) is 0. The Bertz CT molecular complexity index is 621. The van der Waals surface area contributed by atoms with Crippen LogP contribution < -0.4 is 5.32 Å². The van der Waals surface area contributed by atoms with Crippen molar-refractivity contribution in [2.45, 2.75) is 6.92 Å². The molecule has 0 bridgehead atoms. The lowest BCUT2D eigenvalue weighted by atomic mass is 10.1. The van der Waals surface area contributed by atoms with Crippen LogP contribution in [0, 0.1) is 6.92 Å². The molecule has 0 radical (unpaired) electrons. The maximum absolute atomic E-state index is 10.6. The third kappa shape index (κ3) is 3.96. The third-order valence-corrected chi connectivity index (χ3v) is 2.49. The average Bonchev–Trinajstić information content (AvgIpc) is 2.36. The summed E-state index contributed by atoms with van der Waals surface area (Å²) in [5, 5.41) is 11.0. The lowest BCUT2D eigenvalue weighted by Gasteiger charge is -2.01. The Hall–Kier alpha value is -2.62. The van der Waals surface area contributed by atoms with Gasteiger partial charge in [-0.2, -0.15) is 0 Å². The monoisotopic (exact) mass is 254 g/mol. The van der Waals surface area contributed by atoms with Crippen LogP contribution in [0.5, 0.6) is 0 Å². The van der Waals surface area contributed by atoms with Gasteiger partial charge in [-0.05, 0) is 42.8 Å². The van der Waals surface area contributed by atoms with E-state index in [0.29, 0.717) is 5.69 Å². The van der Waals surface area contributed by atoms with Crippen molar-refractivity contribution >= 4 is 23.9 Å². The fraction of sp³-hybridized carbons (Fsp3) is 0.0667. The van der Waals surface area contributed by atoms with Crippen LogP contribution in [-0.4, -0.2) is 16.2 Å². The molecule has 0 unspecified atom stereocenters. The molecule has 0 spiro atoms. The Morgan fingerprint density at radius 1 is 1.21 bits per heavy atom. The Morgan fingerprint density at radius 3 is 2.74 bits per heavy atom. The molecule has 4 heteroatoms. The molecule has 19 heavy (non-hydrogen) atoms. The van der Waals surface area contributed by atoms with Gasteiger partial charge in [-0.3, -0.25) is 10.3 Å². The highest BCUT2D eigenvalue weighted by molar-refractivity contribution is 5.83. The van der Waals surface area contributed by atoms with Crippen LogP contribution in [0.2, 0.25) is 0 Å². The largest absolute Gasteiger partial charge is 0.465 e. The molecule has 0 fully saturated rings. The van der Waals surface area contributed by atoms with E-state index in [1.807, 2.05) is 43.3 Å². The maximum Gasteiger partial charge on any atom is 0.409 e. The highest BCUT2D eigenvalue weighted by atomic mass is 16.4. The predicted octanol–water partition coefficient (Wildman–Crippen LogP) is 3.65. The zero-order valence-electron chi connectivity index (χ0n) is 10.5. The number of carbonyl (C=O) groups is 1. The molecule has 4 nitrogen and oxygen atoms in total. The summed E-state index contributed by atoms with van der Waals surface area (Å²) < 4.78 is 0. The number of hydrogen-bond donors (Lipinski definition) is 2. The molecule has 0 saturated carbocycles. The first-order valence-corrected chi connectivity index (χ1v) is 5.85. The molecule has 1 heterocycles. The van der Waals surface area contributed by atoms with Crippen molar-refractivity contribution in [2.24, 2.45) is 0 Å². The normalized spacial score (nSPS) is 10.6.